The minimum atomic E-state index is -4.05. The summed E-state index contributed by atoms with van der Waals surface area (Å²) in [6.45, 7) is 4.20. The van der Waals surface area contributed by atoms with Crippen molar-refractivity contribution in [1.29, 1.82) is 0 Å². The van der Waals surface area contributed by atoms with Crippen LogP contribution in [0.25, 0.3) is 21.7 Å². The largest absolute Gasteiger partial charge is 0.459 e. The molecule has 1 aromatic heterocycles. The van der Waals surface area contributed by atoms with Crippen LogP contribution in [-0.4, -0.2) is 34.7 Å². The summed E-state index contributed by atoms with van der Waals surface area (Å²) >= 11 is 0. The number of aromatic nitrogens is 1. The van der Waals surface area contributed by atoms with Gasteiger partial charge < -0.3 is 24.1 Å². The maximum absolute atomic E-state index is 15.6. The van der Waals surface area contributed by atoms with E-state index in [1.54, 1.807) is 0 Å². The predicted molar refractivity (Wildman–Crippen MR) is 243 cm³/mol. The average molecular weight is 836 g/mol. The molecule has 0 saturated carbocycles. The summed E-state index contributed by atoms with van der Waals surface area (Å²) in [5.41, 5.74) is 5.38. The van der Waals surface area contributed by atoms with Crippen LogP contribution in [0.4, 0.5) is 0 Å². The first kappa shape index (κ1) is 43.3. The first-order valence-corrected chi connectivity index (χ1v) is 22.6. The van der Waals surface area contributed by atoms with Gasteiger partial charge in [0, 0.05) is 23.5 Å². The van der Waals surface area contributed by atoms with Crippen molar-refractivity contribution in [2.24, 2.45) is 5.92 Å². The maximum atomic E-state index is 15.6. The van der Waals surface area contributed by atoms with Crippen LogP contribution in [-0.2, 0) is 60.6 Å². The number of aryl methyl sites for hydroxylation is 1. The Morgan fingerprint density at radius 1 is 0.623 bits per heavy atom. The van der Waals surface area contributed by atoms with Crippen LogP contribution in [0.3, 0.4) is 0 Å². The van der Waals surface area contributed by atoms with Gasteiger partial charge in [0.15, 0.2) is 0 Å². The van der Waals surface area contributed by atoms with Crippen LogP contribution >= 0.6 is 7.60 Å². The molecule has 0 fully saturated rings. The van der Waals surface area contributed by atoms with E-state index in [9.17, 15) is 9.59 Å². The second-order valence-corrected chi connectivity index (χ2v) is 18.0. The van der Waals surface area contributed by atoms with Crippen molar-refractivity contribution >= 4 is 41.1 Å². The van der Waals surface area contributed by atoms with Crippen LogP contribution in [0.1, 0.15) is 54.5 Å². The highest BCUT2D eigenvalue weighted by Gasteiger charge is 2.40. The Labute approximate surface area is 358 Å². The van der Waals surface area contributed by atoms with Gasteiger partial charge in [0.25, 0.3) is 0 Å². The molecule has 0 saturated heterocycles. The molecule has 1 unspecified atom stereocenters. The number of hydrogen-bond donors (Lipinski definition) is 3. The van der Waals surface area contributed by atoms with Crippen molar-refractivity contribution in [3.63, 3.8) is 0 Å². The fourth-order valence-corrected chi connectivity index (χ4v) is 9.50. The van der Waals surface area contributed by atoms with Crippen LogP contribution in [0.15, 0.2) is 164 Å². The topological polar surface area (TPSA) is 119 Å². The van der Waals surface area contributed by atoms with Crippen molar-refractivity contribution in [3.8, 4) is 0 Å². The Morgan fingerprint density at radius 3 is 1.82 bits per heavy atom. The number of nitrogens with one attached hydrogen (secondary N) is 3. The van der Waals surface area contributed by atoms with Crippen molar-refractivity contribution in [2.45, 2.75) is 77.2 Å². The van der Waals surface area contributed by atoms with Gasteiger partial charge in [-0.2, -0.15) is 0 Å². The highest BCUT2D eigenvalue weighted by atomic mass is 31.2. The van der Waals surface area contributed by atoms with Crippen LogP contribution in [0.5, 0.6) is 0 Å². The zero-order chi connectivity index (χ0) is 42.4. The molecule has 0 aliphatic heterocycles. The Kier molecular flexibility index (Phi) is 15.0. The molecular weight excluding hydrogens is 782 g/mol. The molecule has 6 aromatic carbocycles. The van der Waals surface area contributed by atoms with E-state index < -0.39 is 37.3 Å². The number of ether oxygens (including phenoxy) is 1. The number of H-pyrrole nitrogens is 1. The first-order chi connectivity index (χ1) is 29.7. The molecule has 7 aromatic rings. The summed E-state index contributed by atoms with van der Waals surface area (Å²) in [6.07, 6.45) is 3.30. The van der Waals surface area contributed by atoms with Crippen molar-refractivity contribution in [3.05, 3.63) is 192 Å². The molecule has 0 spiro atoms. The number of rotatable bonds is 21. The molecule has 3 N–H and O–H groups in total. The molecule has 3 atom stereocenters. The van der Waals surface area contributed by atoms with Gasteiger partial charge in [-0.15, -0.1) is 0 Å². The monoisotopic (exact) mass is 835 g/mol. The van der Waals surface area contributed by atoms with E-state index in [1.807, 2.05) is 154 Å². The summed E-state index contributed by atoms with van der Waals surface area (Å²) in [6, 6.07) is 48.9. The lowest BCUT2D eigenvalue weighted by molar-refractivity contribution is -0.149. The van der Waals surface area contributed by atoms with Gasteiger partial charge in [0.05, 0.1) is 19.3 Å². The number of carbonyl (C=O) groups excluding carboxylic acids is 2. The van der Waals surface area contributed by atoms with E-state index in [1.165, 1.54) is 0 Å². The normalized spacial score (nSPS) is 13.2. The minimum absolute atomic E-state index is 0.0420. The van der Waals surface area contributed by atoms with Gasteiger partial charge in [0.1, 0.15) is 18.4 Å². The third-order valence-electron chi connectivity index (χ3n) is 10.8. The maximum Gasteiger partial charge on any atom is 0.348 e. The van der Waals surface area contributed by atoms with Gasteiger partial charge in [0.2, 0.25) is 5.91 Å². The quantitative estimate of drug-likeness (QED) is 0.0487. The van der Waals surface area contributed by atoms with Gasteiger partial charge in [-0.1, -0.05) is 166 Å². The Hall–Kier alpha value is -5.83. The van der Waals surface area contributed by atoms with E-state index in [4.69, 9.17) is 13.8 Å². The summed E-state index contributed by atoms with van der Waals surface area (Å²) in [7, 11) is -4.05. The van der Waals surface area contributed by atoms with E-state index >= 15 is 4.57 Å². The molecular formula is C51H54N3O6P. The highest BCUT2D eigenvalue weighted by Crippen LogP contribution is 2.55. The van der Waals surface area contributed by atoms with Crippen molar-refractivity contribution < 1.29 is 27.9 Å². The average Bonchev–Trinajstić information content (AvgIpc) is 3.71. The summed E-state index contributed by atoms with van der Waals surface area (Å²) in [5, 5.41) is 9.75. The lowest BCUT2D eigenvalue weighted by Crippen LogP contribution is -2.54. The lowest BCUT2D eigenvalue weighted by Gasteiger charge is -2.32. The van der Waals surface area contributed by atoms with E-state index in [-0.39, 0.29) is 32.2 Å². The van der Waals surface area contributed by atoms with Crippen LogP contribution in [0, 0.1) is 5.92 Å². The number of fused-ring (bicyclic) bond motifs is 2. The summed E-state index contributed by atoms with van der Waals surface area (Å²) < 4.78 is 34.3. The predicted octanol–water partition coefficient (Wildman–Crippen LogP) is 10.7. The molecule has 0 bridgehead atoms. The molecule has 314 valence electrons. The number of benzene rings is 6. The number of carbonyl (C=O) groups is 2. The molecule has 1 amide bonds. The van der Waals surface area contributed by atoms with E-state index in [0.29, 0.717) is 19.3 Å². The number of para-hydroxylation sites is 1. The standard InChI is InChI=1S/C51H54N3O6P/c1-37(2)31-47(50(55)54-48(51(56)58-34-38-17-6-3-7-18-38)32-43-33-52-46-28-15-14-27-45(43)46)53-49(30-29-42-25-16-24-41-23-12-13-26-44(41)42)61(57,59-35-39-19-8-4-9-20-39)60-36-40-21-10-5-11-22-40/h3-28,33,37,47-49,52-53H,29-32,34-36H2,1-2H3,(H,54,55)/t47-,48-,49?/m0/s1. The number of esters is 1. The Morgan fingerprint density at radius 2 is 1.18 bits per heavy atom. The second kappa shape index (κ2) is 21.1. The molecule has 10 heteroatoms. The number of hydrogen-bond acceptors (Lipinski definition) is 7. The van der Waals surface area contributed by atoms with Crippen molar-refractivity contribution in [1.82, 2.24) is 15.6 Å². The van der Waals surface area contributed by atoms with Gasteiger partial charge >= 0.3 is 13.6 Å². The fraction of sp³-hybridized carbons (Fsp3) is 0.255. The Bertz CT molecular complexity index is 2480. The van der Waals surface area contributed by atoms with E-state index in [2.05, 4.69) is 39.9 Å². The zero-order valence-corrected chi connectivity index (χ0v) is 35.6. The molecule has 9 nitrogen and oxygen atoms in total. The smallest absolute Gasteiger partial charge is 0.348 e. The first-order valence-electron chi connectivity index (χ1n) is 21.0. The lowest BCUT2D eigenvalue weighted by atomic mass is 9.99. The van der Waals surface area contributed by atoms with Crippen LogP contribution < -0.4 is 10.6 Å². The molecule has 0 aliphatic rings. The molecule has 61 heavy (non-hydrogen) atoms. The van der Waals surface area contributed by atoms with Gasteiger partial charge in [-0.25, -0.2) is 4.79 Å². The second-order valence-electron chi connectivity index (χ2n) is 15.8. The molecule has 1 heterocycles. The summed E-state index contributed by atoms with van der Waals surface area (Å²) in [4.78, 5) is 32.0. The highest BCUT2D eigenvalue weighted by molar-refractivity contribution is 7.54. The van der Waals surface area contributed by atoms with Crippen LogP contribution in [0.2, 0.25) is 0 Å². The number of amides is 1. The van der Waals surface area contributed by atoms with Gasteiger partial charge in [-0.05, 0) is 69.8 Å². The molecule has 0 aliphatic carbocycles. The van der Waals surface area contributed by atoms with Crippen molar-refractivity contribution in [2.75, 3.05) is 0 Å². The zero-order valence-electron chi connectivity index (χ0n) is 34.7. The third kappa shape index (κ3) is 11.9. The summed E-state index contributed by atoms with van der Waals surface area (Å²) in [5.74, 6) is -1.83. The third-order valence-corrected chi connectivity index (χ3v) is 12.9. The van der Waals surface area contributed by atoms with Gasteiger partial charge in [-0.3, -0.25) is 14.7 Å². The van der Waals surface area contributed by atoms with E-state index in [0.717, 1.165) is 49.5 Å². The minimum Gasteiger partial charge on any atom is -0.459 e. The SMILES string of the molecule is CC(C)C[C@H](NC(CCc1cccc2ccccc12)P(=O)(OCc1ccccc1)OCc1ccccc1)C(=O)N[C@@H](Cc1c[nH]c2ccccc12)C(=O)OCc1ccccc1. The Balaban J connectivity index is 1.20. The molecule has 7 rings (SSSR count). The number of aromatic amines is 1. The fourth-order valence-electron chi connectivity index (χ4n) is 7.60. The molecule has 0 radical (unpaired) electrons.